The molecule has 0 aromatic carbocycles. The quantitative estimate of drug-likeness (QED) is 0.757. The average molecular weight is 194 g/mol. The summed E-state index contributed by atoms with van der Waals surface area (Å²) in [5.41, 5.74) is 6.27. The highest BCUT2D eigenvalue weighted by Gasteiger charge is 2.11. The van der Waals surface area contributed by atoms with Crippen molar-refractivity contribution in [2.24, 2.45) is 5.73 Å². The van der Waals surface area contributed by atoms with Crippen molar-refractivity contribution in [3.63, 3.8) is 0 Å². The third-order valence-corrected chi connectivity index (χ3v) is 2.88. The maximum atomic E-state index is 9.57. The summed E-state index contributed by atoms with van der Waals surface area (Å²) in [6, 6.07) is 3.81. The number of fused-ring (bicyclic) bond motifs is 1. The topological polar surface area (TPSA) is 59.1 Å². The van der Waals surface area contributed by atoms with Gasteiger partial charge >= 0.3 is 0 Å². The SMILES string of the molecule is NCC(O)c1csc2ncccc12. The van der Waals surface area contributed by atoms with Gasteiger partial charge in [0.05, 0.1) is 6.10 Å². The van der Waals surface area contributed by atoms with Crippen molar-refractivity contribution in [1.29, 1.82) is 0 Å². The van der Waals surface area contributed by atoms with Crippen LogP contribution in [0.15, 0.2) is 23.7 Å². The Kier molecular flexibility index (Phi) is 2.26. The Labute approximate surface area is 79.8 Å². The Bertz CT molecular complexity index is 413. The van der Waals surface area contributed by atoms with Crippen molar-refractivity contribution in [3.05, 3.63) is 29.3 Å². The van der Waals surface area contributed by atoms with Crippen LogP contribution in [0.2, 0.25) is 0 Å². The predicted octanol–water partition coefficient (Wildman–Crippen LogP) is 1.29. The summed E-state index contributed by atoms with van der Waals surface area (Å²) in [5, 5.41) is 12.5. The van der Waals surface area contributed by atoms with E-state index in [-0.39, 0.29) is 6.54 Å². The first-order chi connectivity index (χ1) is 6.33. The van der Waals surface area contributed by atoms with Crippen molar-refractivity contribution < 1.29 is 5.11 Å². The number of nitrogens with zero attached hydrogens (tertiary/aromatic N) is 1. The van der Waals surface area contributed by atoms with E-state index in [0.29, 0.717) is 0 Å². The van der Waals surface area contributed by atoms with Crippen molar-refractivity contribution in [3.8, 4) is 0 Å². The summed E-state index contributed by atoms with van der Waals surface area (Å²) in [5.74, 6) is 0. The van der Waals surface area contributed by atoms with E-state index in [4.69, 9.17) is 5.73 Å². The second kappa shape index (κ2) is 3.41. The third-order valence-electron chi connectivity index (χ3n) is 1.96. The fraction of sp³-hybridized carbons (Fsp3) is 0.222. The molecule has 13 heavy (non-hydrogen) atoms. The molecule has 2 aromatic rings. The smallest absolute Gasteiger partial charge is 0.123 e. The Balaban J connectivity index is 2.57. The molecule has 68 valence electrons. The molecule has 0 aliphatic carbocycles. The molecule has 1 atom stereocenters. The standard InChI is InChI=1S/C9H10N2OS/c10-4-8(12)7-5-13-9-6(7)2-1-3-11-9/h1-3,5,8,12H,4,10H2. The van der Waals surface area contributed by atoms with Crippen molar-refractivity contribution in [2.75, 3.05) is 6.54 Å². The van der Waals surface area contributed by atoms with Crippen LogP contribution in [0, 0.1) is 0 Å². The molecule has 0 spiro atoms. The van der Waals surface area contributed by atoms with Gasteiger partial charge in [-0.25, -0.2) is 4.98 Å². The molecule has 0 amide bonds. The molecule has 2 aromatic heterocycles. The number of aromatic nitrogens is 1. The lowest BCUT2D eigenvalue weighted by Crippen LogP contribution is -2.10. The van der Waals surface area contributed by atoms with E-state index < -0.39 is 6.10 Å². The molecule has 0 bridgehead atoms. The fourth-order valence-corrected chi connectivity index (χ4v) is 2.23. The van der Waals surface area contributed by atoms with Gasteiger partial charge in [-0.05, 0) is 11.4 Å². The molecule has 3 nitrogen and oxygen atoms in total. The first kappa shape index (κ1) is 8.62. The van der Waals surface area contributed by atoms with Crippen LogP contribution in [-0.4, -0.2) is 16.6 Å². The van der Waals surface area contributed by atoms with Gasteiger partial charge in [0.2, 0.25) is 0 Å². The van der Waals surface area contributed by atoms with E-state index >= 15 is 0 Å². The number of hydrogen-bond acceptors (Lipinski definition) is 4. The Morgan fingerprint density at radius 1 is 1.62 bits per heavy atom. The molecule has 2 heterocycles. The highest BCUT2D eigenvalue weighted by atomic mass is 32.1. The van der Waals surface area contributed by atoms with Gasteiger partial charge in [-0.2, -0.15) is 0 Å². The van der Waals surface area contributed by atoms with Gasteiger partial charge in [0.25, 0.3) is 0 Å². The lowest BCUT2D eigenvalue weighted by molar-refractivity contribution is 0.188. The van der Waals surface area contributed by atoms with E-state index in [1.807, 2.05) is 17.5 Å². The number of rotatable bonds is 2. The number of aliphatic hydroxyl groups is 1. The molecule has 4 heteroatoms. The van der Waals surface area contributed by atoms with Gasteiger partial charge < -0.3 is 10.8 Å². The molecular formula is C9H10N2OS. The summed E-state index contributed by atoms with van der Waals surface area (Å²) in [6.45, 7) is 0.251. The fourth-order valence-electron chi connectivity index (χ4n) is 1.27. The second-order valence-corrected chi connectivity index (χ2v) is 3.66. The number of aliphatic hydroxyl groups excluding tert-OH is 1. The van der Waals surface area contributed by atoms with Crippen LogP contribution >= 0.6 is 11.3 Å². The van der Waals surface area contributed by atoms with Crippen LogP contribution in [0.5, 0.6) is 0 Å². The first-order valence-electron chi connectivity index (χ1n) is 4.03. The largest absolute Gasteiger partial charge is 0.387 e. The highest BCUT2D eigenvalue weighted by molar-refractivity contribution is 7.16. The Morgan fingerprint density at radius 3 is 3.23 bits per heavy atom. The van der Waals surface area contributed by atoms with E-state index in [0.717, 1.165) is 15.8 Å². The molecule has 2 rings (SSSR count). The normalized spacial score (nSPS) is 13.4. The zero-order valence-corrected chi connectivity index (χ0v) is 7.79. The lowest BCUT2D eigenvalue weighted by Gasteiger charge is -2.04. The summed E-state index contributed by atoms with van der Waals surface area (Å²) < 4.78 is 0. The number of nitrogens with two attached hydrogens (primary N) is 1. The van der Waals surface area contributed by atoms with Crippen LogP contribution < -0.4 is 5.73 Å². The van der Waals surface area contributed by atoms with Crippen molar-refractivity contribution in [2.45, 2.75) is 6.10 Å². The zero-order chi connectivity index (χ0) is 9.26. The molecule has 0 fully saturated rings. The van der Waals surface area contributed by atoms with Gasteiger partial charge in [0.15, 0.2) is 0 Å². The van der Waals surface area contributed by atoms with Gasteiger partial charge in [0, 0.05) is 23.7 Å². The van der Waals surface area contributed by atoms with Gasteiger partial charge in [-0.1, -0.05) is 6.07 Å². The lowest BCUT2D eigenvalue weighted by atomic mass is 10.1. The molecule has 0 radical (unpaired) electrons. The molecule has 0 aliphatic heterocycles. The van der Waals surface area contributed by atoms with E-state index in [1.54, 1.807) is 6.20 Å². The highest BCUT2D eigenvalue weighted by Crippen LogP contribution is 2.27. The maximum absolute atomic E-state index is 9.57. The van der Waals surface area contributed by atoms with E-state index in [9.17, 15) is 5.11 Å². The third kappa shape index (κ3) is 1.44. The Morgan fingerprint density at radius 2 is 2.46 bits per heavy atom. The van der Waals surface area contributed by atoms with E-state index in [2.05, 4.69) is 4.98 Å². The number of pyridine rings is 1. The molecular weight excluding hydrogens is 184 g/mol. The Hall–Kier alpha value is -0.970. The summed E-state index contributed by atoms with van der Waals surface area (Å²) in [7, 11) is 0. The van der Waals surface area contributed by atoms with Gasteiger partial charge in [-0.3, -0.25) is 0 Å². The minimum Gasteiger partial charge on any atom is -0.387 e. The van der Waals surface area contributed by atoms with Gasteiger partial charge in [0.1, 0.15) is 4.83 Å². The summed E-state index contributed by atoms with van der Waals surface area (Å²) >= 11 is 1.53. The minimum atomic E-state index is -0.571. The molecule has 1 unspecified atom stereocenters. The second-order valence-electron chi connectivity index (χ2n) is 2.80. The van der Waals surface area contributed by atoms with Gasteiger partial charge in [-0.15, -0.1) is 11.3 Å². The monoisotopic (exact) mass is 194 g/mol. The maximum Gasteiger partial charge on any atom is 0.123 e. The van der Waals surface area contributed by atoms with Crippen molar-refractivity contribution in [1.82, 2.24) is 4.98 Å². The minimum absolute atomic E-state index is 0.251. The molecule has 0 aliphatic rings. The van der Waals surface area contributed by atoms with E-state index in [1.165, 1.54) is 11.3 Å². The summed E-state index contributed by atoms with van der Waals surface area (Å²) in [6.07, 6.45) is 1.18. The van der Waals surface area contributed by atoms with Crippen LogP contribution in [0.3, 0.4) is 0 Å². The molecule has 0 saturated carbocycles. The van der Waals surface area contributed by atoms with Crippen LogP contribution in [0.4, 0.5) is 0 Å². The summed E-state index contributed by atoms with van der Waals surface area (Å²) in [4.78, 5) is 5.13. The number of hydrogen-bond donors (Lipinski definition) is 2. The first-order valence-corrected chi connectivity index (χ1v) is 4.91. The van der Waals surface area contributed by atoms with Crippen molar-refractivity contribution >= 4 is 21.6 Å². The van der Waals surface area contributed by atoms with Crippen LogP contribution in [0.25, 0.3) is 10.2 Å². The van der Waals surface area contributed by atoms with Crippen LogP contribution in [-0.2, 0) is 0 Å². The zero-order valence-electron chi connectivity index (χ0n) is 6.97. The van der Waals surface area contributed by atoms with Crippen LogP contribution in [0.1, 0.15) is 11.7 Å². The predicted molar refractivity (Wildman–Crippen MR) is 53.6 cm³/mol. The average Bonchev–Trinajstić information content (AvgIpc) is 2.60. The molecule has 3 N–H and O–H groups in total. The number of thiophene rings is 1. The molecule has 0 saturated heterocycles.